The van der Waals surface area contributed by atoms with Gasteiger partial charge in [-0.25, -0.2) is 9.97 Å². The van der Waals surface area contributed by atoms with Crippen LogP contribution in [0.1, 0.15) is 50.0 Å². The summed E-state index contributed by atoms with van der Waals surface area (Å²) in [5.41, 5.74) is 2.08. The lowest BCUT2D eigenvalue weighted by atomic mass is 10.0. The Balaban J connectivity index is 1.81. The monoisotopic (exact) mass is 300 g/mol. The van der Waals surface area contributed by atoms with Crippen molar-refractivity contribution in [2.24, 2.45) is 0 Å². The SMILES string of the molecule is CN1CCCCC1c1nc2cccnc2n1C1CCOCC1. The Hall–Kier alpha value is -1.46. The minimum Gasteiger partial charge on any atom is -0.381 e. The number of pyridine rings is 1. The molecule has 0 aromatic carbocycles. The van der Waals surface area contributed by atoms with E-state index in [1.165, 1.54) is 25.1 Å². The van der Waals surface area contributed by atoms with Crippen LogP contribution in [0.4, 0.5) is 0 Å². The van der Waals surface area contributed by atoms with Crippen LogP contribution in [0.15, 0.2) is 18.3 Å². The molecule has 1 atom stereocenters. The molecule has 2 fully saturated rings. The van der Waals surface area contributed by atoms with Gasteiger partial charge >= 0.3 is 0 Å². The van der Waals surface area contributed by atoms with Crippen LogP contribution < -0.4 is 0 Å². The fraction of sp³-hybridized carbons (Fsp3) is 0.647. The standard InChI is InChI=1S/C17H24N4O/c1-20-10-3-2-6-15(20)17-19-14-5-4-9-18-16(14)21(17)13-7-11-22-12-8-13/h4-5,9,13,15H,2-3,6-8,10-12H2,1H3. The van der Waals surface area contributed by atoms with Crippen molar-refractivity contribution < 1.29 is 4.74 Å². The van der Waals surface area contributed by atoms with E-state index in [1.807, 2.05) is 12.3 Å². The van der Waals surface area contributed by atoms with Crippen LogP contribution in [0.25, 0.3) is 11.2 Å². The zero-order valence-corrected chi connectivity index (χ0v) is 13.2. The molecule has 0 radical (unpaired) electrons. The summed E-state index contributed by atoms with van der Waals surface area (Å²) in [5, 5.41) is 0. The number of rotatable bonds is 2. The Bertz CT molecular complexity index is 647. The molecule has 22 heavy (non-hydrogen) atoms. The van der Waals surface area contributed by atoms with Gasteiger partial charge in [-0.15, -0.1) is 0 Å². The van der Waals surface area contributed by atoms with Gasteiger partial charge in [-0.05, 0) is 51.4 Å². The molecule has 5 heteroatoms. The van der Waals surface area contributed by atoms with Gasteiger partial charge in [-0.2, -0.15) is 0 Å². The maximum Gasteiger partial charge on any atom is 0.160 e. The third-order valence-electron chi connectivity index (χ3n) is 5.10. The molecular formula is C17H24N4O. The molecule has 5 nitrogen and oxygen atoms in total. The molecule has 0 amide bonds. The first-order chi connectivity index (χ1) is 10.8. The van der Waals surface area contributed by atoms with Gasteiger partial charge in [-0.3, -0.25) is 4.90 Å². The second-order valence-electron chi connectivity index (χ2n) is 6.52. The van der Waals surface area contributed by atoms with Gasteiger partial charge in [0.05, 0.1) is 6.04 Å². The number of imidazole rings is 1. The summed E-state index contributed by atoms with van der Waals surface area (Å²) in [5.74, 6) is 1.21. The quantitative estimate of drug-likeness (QED) is 0.855. The van der Waals surface area contributed by atoms with Crippen LogP contribution in [0.3, 0.4) is 0 Å². The molecular weight excluding hydrogens is 276 g/mol. The molecule has 118 valence electrons. The molecule has 4 heterocycles. The number of nitrogens with zero attached hydrogens (tertiary/aromatic N) is 4. The number of hydrogen-bond donors (Lipinski definition) is 0. The van der Waals surface area contributed by atoms with Crippen molar-refractivity contribution in [1.29, 1.82) is 0 Å². The summed E-state index contributed by atoms with van der Waals surface area (Å²) in [6, 6.07) is 4.97. The number of piperidine rings is 1. The Morgan fingerprint density at radius 1 is 1.18 bits per heavy atom. The molecule has 0 aliphatic carbocycles. The van der Waals surface area contributed by atoms with Crippen molar-refractivity contribution in [1.82, 2.24) is 19.4 Å². The lowest BCUT2D eigenvalue weighted by molar-refractivity contribution is 0.0673. The zero-order chi connectivity index (χ0) is 14.9. The van der Waals surface area contributed by atoms with E-state index in [-0.39, 0.29) is 0 Å². The van der Waals surface area contributed by atoms with Crippen molar-refractivity contribution in [3.05, 3.63) is 24.2 Å². The van der Waals surface area contributed by atoms with E-state index in [0.29, 0.717) is 12.1 Å². The predicted octanol–water partition coefficient (Wildman–Crippen LogP) is 2.94. The minimum atomic E-state index is 0.422. The average Bonchev–Trinajstić information content (AvgIpc) is 2.95. The summed E-state index contributed by atoms with van der Waals surface area (Å²) in [6.45, 7) is 2.85. The largest absolute Gasteiger partial charge is 0.381 e. The van der Waals surface area contributed by atoms with Crippen LogP contribution in [0.2, 0.25) is 0 Å². The third kappa shape index (κ3) is 2.42. The first-order valence-corrected chi connectivity index (χ1v) is 8.45. The highest BCUT2D eigenvalue weighted by atomic mass is 16.5. The highest BCUT2D eigenvalue weighted by Crippen LogP contribution is 2.35. The van der Waals surface area contributed by atoms with E-state index >= 15 is 0 Å². The van der Waals surface area contributed by atoms with Crippen molar-refractivity contribution in [3.8, 4) is 0 Å². The van der Waals surface area contributed by atoms with Gasteiger partial charge in [-0.1, -0.05) is 6.42 Å². The van der Waals surface area contributed by atoms with E-state index in [1.54, 1.807) is 0 Å². The molecule has 0 spiro atoms. The molecule has 0 saturated carbocycles. The highest BCUT2D eigenvalue weighted by molar-refractivity contribution is 5.71. The van der Waals surface area contributed by atoms with Gasteiger partial charge < -0.3 is 9.30 Å². The second-order valence-corrected chi connectivity index (χ2v) is 6.52. The Labute approximate surface area is 131 Å². The molecule has 2 aromatic heterocycles. The molecule has 1 unspecified atom stereocenters. The molecule has 0 bridgehead atoms. The van der Waals surface area contributed by atoms with Crippen molar-refractivity contribution >= 4 is 11.2 Å². The fourth-order valence-electron chi connectivity index (χ4n) is 3.89. The van der Waals surface area contributed by atoms with Crippen LogP contribution in [-0.2, 0) is 4.74 Å². The van der Waals surface area contributed by atoms with Gasteiger partial charge in [0.25, 0.3) is 0 Å². The average molecular weight is 300 g/mol. The highest BCUT2D eigenvalue weighted by Gasteiger charge is 2.30. The smallest absolute Gasteiger partial charge is 0.160 e. The lowest BCUT2D eigenvalue weighted by Gasteiger charge is -2.34. The first kappa shape index (κ1) is 14.2. The molecule has 2 aliphatic rings. The van der Waals surface area contributed by atoms with Crippen molar-refractivity contribution in [2.75, 3.05) is 26.8 Å². The van der Waals surface area contributed by atoms with E-state index in [9.17, 15) is 0 Å². The number of ether oxygens (including phenoxy) is 1. The van der Waals surface area contributed by atoms with Crippen molar-refractivity contribution in [2.45, 2.75) is 44.2 Å². The Morgan fingerprint density at radius 2 is 2.05 bits per heavy atom. The topological polar surface area (TPSA) is 43.2 Å². The summed E-state index contributed by atoms with van der Waals surface area (Å²) in [6.07, 6.45) is 7.79. The summed E-state index contributed by atoms with van der Waals surface area (Å²) >= 11 is 0. The van der Waals surface area contributed by atoms with E-state index < -0.39 is 0 Å². The van der Waals surface area contributed by atoms with Gasteiger partial charge in [0, 0.05) is 25.5 Å². The van der Waals surface area contributed by atoms with E-state index in [4.69, 9.17) is 9.72 Å². The zero-order valence-electron chi connectivity index (χ0n) is 13.2. The molecule has 2 aromatic rings. The number of hydrogen-bond acceptors (Lipinski definition) is 4. The third-order valence-corrected chi connectivity index (χ3v) is 5.10. The molecule has 4 rings (SSSR count). The maximum atomic E-state index is 5.55. The number of aromatic nitrogens is 3. The number of likely N-dealkylation sites (tertiary alicyclic amines) is 1. The Kier molecular flexibility index (Phi) is 3.84. The molecule has 2 saturated heterocycles. The first-order valence-electron chi connectivity index (χ1n) is 8.45. The van der Waals surface area contributed by atoms with Crippen LogP contribution >= 0.6 is 0 Å². The van der Waals surface area contributed by atoms with E-state index in [0.717, 1.165) is 43.8 Å². The van der Waals surface area contributed by atoms with Crippen LogP contribution in [0.5, 0.6) is 0 Å². The van der Waals surface area contributed by atoms with Gasteiger partial charge in [0.2, 0.25) is 0 Å². The predicted molar refractivity (Wildman–Crippen MR) is 85.8 cm³/mol. The lowest BCUT2D eigenvalue weighted by Crippen LogP contribution is -2.33. The summed E-state index contributed by atoms with van der Waals surface area (Å²) < 4.78 is 7.97. The fourth-order valence-corrected chi connectivity index (χ4v) is 3.89. The normalized spacial score (nSPS) is 24.9. The summed E-state index contributed by atoms with van der Waals surface area (Å²) in [4.78, 5) is 12.1. The molecule has 0 N–H and O–H groups in total. The Morgan fingerprint density at radius 3 is 2.86 bits per heavy atom. The maximum absolute atomic E-state index is 5.55. The van der Waals surface area contributed by atoms with Crippen LogP contribution in [-0.4, -0.2) is 46.2 Å². The second kappa shape index (κ2) is 5.97. The van der Waals surface area contributed by atoms with Crippen molar-refractivity contribution in [3.63, 3.8) is 0 Å². The van der Waals surface area contributed by atoms with Gasteiger partial charge in [0.15, 0.2) is 5.65 Å². The number of fused-ring (bicyclic) bond motifs is 1. The molecule has 2 aliphatic heterocycles. The van der Waals surface area contributed by atoms with Crippen LogP contribution in [0, 0.1) is 0 Å². The van der Waals surface area contributed by atoms with E-state index in [2.05, 4.69) is 27.6 Å². The van der Waals surface area contributed by atoms with Gasteiger partial charge in [0.1, 0.15) is 11.3 Å². The minimum absolute atomic E-state index is 0.422. The summed E-state index contributed by atoms with van der Waals surface area (Å²) in [7, 11) is 2.23.